The van der Waals surface area contributed by atoms with E-state index in [9.17, 15) is 9.59 Å². The van der Waals surface area contributed by atoms with Crippen LogP contribution in [0.4, 0.5) is 0 Å². The summed E-state index contributed by atoms with van der Waals surface area (Å²) in [7, 11) is 0. The molecule has 106 valence electrons. The van der Waals surface area contributed by atoms with Gasteiger partial charge in [-0.15, -0.1) is 0 Å². The van der Waals surface area contributed by atoms with E-state index in [1.165, 1.54) is 0 Å². The minimum absolute atomic E-state index is 0.0552. The second-order valence-corrected chi connectivity index (χ2v) is 6.31. The predicted octanol–water partition coefficient (Wildman–Crippen LogP) is 2.68. The van der Waals surface area contributed by atoms with Crippen LogP contribution < -0.4 is 5.32 Å². The molecule has 0 radical (unpaired) electrons. The lowest BCUT2D eigenvalue weighted by atomic mass is 9.80. The molecule has 0 bridgehead atoms. The molecule has 0 rings (SSSR count). The van der Waals surface area contributed by atoms with Crippen molar-refractivity contribution >= 4 is 11.9 Å². The second kappa shape index (κ2) is 7.39. The van der Waals surface area contributed by atoms with Crippen molar-refractivity contribution in [1.82, 2.24) is 5.32 Å². The van der Waals surface area contributed by atoms with Crippen LogP contribution in [0.3, 0.4) is 0 Å². The first-order valence-electron chi connectivity index (χ1n) is 6.61. The predicted molar refractivity (Wildman–Crippen MR) is 72.3 cm³/mol. The maximum atomic E-state index is 11.7. The minimum Gasteiger partial charge on any atom is -0.481 e. The Hall–Kier alpha value is -1.06. The summed E-state index contributed by atoms with van der Waals surface area (Å²) in [6.45, 7) is 11.0. The van der Waals surface area contributed by atoms with E-state index in [0.717, 1.165) is 0 Å². The number of carbonyl (C=O) groups excluding carboxylic acids is 1. The molecule has 0 fully saturated rings. The lowest BCUT2D eigenvalue weighted by molar-refractivity contribution is -0.137. The van der Waals surface area contributed by atoms with Crippen LogP contribution in [0.1, 0.15) is 53.9 Å². The van der Waals surface area contributed by atoms with Gasteiger partial charge in [0.05, 0.1) is 0 Å². The van der Waals surface area contributed by atoms with Crippen LogP contribution in [0, 0.1) is 17.3 Å². The van der Waals surface area contributed by atoms with Gasteiger partial charge in [0.1, 0.15) is 0 Å². The van der Waals surface area contributed by atoms with Crippen molar-refractivity contribution in [3.63, 3.8) is 0 Å². The molecular weight excluding hydrogens is 230 g/mol. The summed E-state index contributed by atoms with van der Waals surface area (Å²) >= 11 is 0. The molecule has 0 heterocycles. The third-order valence-electron chi connectivity index (χ3n) is 3.47. The van der Waals surface area contributed by atoms with Gasteiger partial charge in [-0.1, -0.05) is 34.6 Å². The normalized spacial score (nSPS) is 14.9. The Balaban J connectivity index is 3.86. The highest BCUT2D eigenvalue weighted by Crippen LogP contribution is 2.27. The lowest BCUT2D eigenvalue weighted by Gasteiger charge is -2.26. The highest BCUT2D eigenvalue weighted by atomic mass is 16.4. The molecule has 2 atom stereocenters. The average Bonchev–Trinajstić information content (AvgIpc) is 2.22. The Morgan fingerprint density at radius 2 is 1.78 bits per heavy atom. The molecule has 2 N–H and O–H groups in total. The molecule has 0 aromatic rings. The third-order valence-corrected chi connectivity index (χ3v) is 3.47. The van der Waals surface area contributed by atoms with E-state index in [-0.39, 0.29) is 23.7 Å². The standard InChI is InChI=1S/C14H27NO3/c1-10(6-7-13(17)18)9-15-12(16)8-11(2)14(3,4)5/h10-11H,6-9H2,1-5H3,(H,15,16)(H,17,18). The van der Waals surface area contributed by atoms with Gasteiger partial charge in [-0.3, -0.25) is 9.59 Å². The zero-order valence-electron chi connectivity index (χ0n) is 12.2. The summed E-state index contributed by atoms with van der Waals surface area (Å²) in [6, 6.07) is 0. The molecule has 18 heavy (non-hydrogen) atoms. The summed E-state index contributed by atoms with van der Waals surface area (Å²) in [4.78, 5) is 22.1. The van der Waals surface area contributed by atoms with E-state index in [2.05, 4.69) is 33.0 Å². The summed E-state index contributed by atoms with van der Waals surface area (Å²) < 4.78 is 0. The number of hydrogen-bond acceptors (Lipinski definition) is 2. The van der Waals surface area contributed by atoms with Crippen molar-refractivity contribution in [3.8, 4) is 0 Å². The first kappa shape index (κ1) is 16.9. The van der Waals surface area contributed by atoms with Crippen LogP contribution in [0.2, 0.25) is 0 Å². The fraction of sp³-hybridized carbons (Fsp3) is 0.857. The fourth-order valence-corrected chi connectivity index (χ4v) is 1.42. The van der Waals surface area contributed by atoms with E-state index in [1.807, 2.05) is 6.92 Å². The molecule has 0 aliphatic carbocycles. The van der Waals surface area contributed by atoms with Crippen molar-refractivity contribution in [2.24, 2.45) is 17.3 Å². The first-order valence-corrected chi connectivity index (χ1v) is 6.61. The van der Waals surface area contributed by atoms with Crippen molar-refractivity contribution < 1.29 is 14.7 Å². The van der Waals surface area contributed by atoms with Gasteiger partial charge in [-0.2, -0.15) is 0 Å². The van der Waals surface area contributed by atoms with E-state index in [1.54, 1.807) is 0 Å². The second-order valence-electron chi connectivity index (χ2n) is 6.31. The van der Waals surface area contributed by atoms with Crippen molar-refractivity contribution in [2.75, 3.05) is 6.54 Å². The fourth-order valence-electron chi connectivity index (χ4n) is 1.42. The van der Waals surface area contributed by atoms with Crippen LogP contribution in [-0.4, -0.2) is 23.5 Å². The maximum absolute atomic E-state index is 11.7. The third kappa shape index (κ3) is 8.09. The number of carbonyl (C=O) groups is 2. The Morgan fingerprint density at radius 3 is 2.22 bits per heavy atom. The molecule has 0 saturated heterocycles. The summed E-state index contributed by atoms with van der Waals surface area (Å²) in [6.07, 6.45) is 1.29. The molecule has 4 nitrogen and oxygen atoms in total. The van der Waals surface area contributed by atoms with E-state index >= 15 is 0 Å². The van der Waals surface area contributed by atoms with Gasteiger partial charge in [-0.25, -0.2) is 0 Å². The number of aliphatic carboxylic acids is 1. The molecule has 4 heteroatoms. The van der Waals surface area contributed by atoms with E-state index < -0.39 is 5.97 Å². The minimum atomic E-state index is -0.783. The number of carboxylic acids is 1. The van der Waals surface area contributed by atoms with Crippen LogP contribution in [0.15, 0.2) is 0 Å². The van der Waals surface area contributed by atoms with Crippen LogP contribution in [-0.2, 0) is 9.59 Å². The molecule has 0 aliphatic heterocycles. The van der Waals surface area contributed by atoms with Gasteiger partial charge in [-0.05, 0) is 23.7 Å². The van der Waals surface area contributed by atoms with Gasteiger partial charge < -0.3 is 10.4 Å². The van der Waals surface area contributed by atoms with Crippen molar-refractivity contribution in [1.29, 1.82) is 0 Å². The molecule has 0 aromatic carbocycles. The monoisotopic (exact) mass is 257 g/mol. The summed E-state index contributed by atoms with van der Waals surface area (Å²) in [5.41, 5.74) is 0.131. The Labute approximate surface area is 110 Å². The molecule has 2 unspecified atom stereocenters. The van der Waals surface area contributed by atoms with Gasteiger partial charge in [0.25, 0.3) is 0 Å². The number of nitrogens with one attached hydrogen (secondary N) is 1. The number of rotatable bonds is 7. The average molecular weight is 257 g/mol. The van der Waals surface area contributed by atoms with E-state index in [0.29, 0.717) is 25.3 Å². The van der Waals surface area contributed by atoms with Gasteiger partial charge in [0.15, 0.2) is 0 Å². The smallest absolute Gasteiger partial charge is 0.303 e. The largest absolute Gasteiger partial charge is 0.481 e. The van der Waals surface area contributed by atoms with Crippen LogP contribution in [0.25, 0.3) is 0 Å². The Kier molecular flexibility index (Phi) is 6.96. The molecule has 0 aliphatic rings. The number of hydrogen-bond donors (Lipinski definition) is 2. The summed E-state index contributed by atoms with van der Waals surface area (Å²) in [5.74, 6) is -0.198. The highest BCUT2D eigenvalue weighted by molar-refractivity contribution is 5.76. The maximum Gasteiger partial charge on any atom is 0.303 e. The zero-order valence-corrected chi connectivity index (χ0v) is 12.2. The van der Waals surface area contributed by atoms with Crippen LogP contribution >= 0.6 is 0 Å². The number of amides is 1. The molecular formula is C14H27NO3. The quantitative estimate of drug-likeness (QED) is 0.737. The Bertz CT molecular complexity index is 281. The van der Waals surface area contributed by atoms with Crippen LogP contribution in [0.5, 0.6) is 0 Å². The molecule has 0 spiro atoms. The van der Waals surface area contributed by atoms with Gasteiger partial charge in [0.2, 0.25) is 5.91 Å². The lowest BCUT2D eigenvalue weighted by Crippen LogP contribution is -2.32. The molecule has 0 saturated carbocycles. The number of carboxylic acid groups (broad SMARTS) is 1. The molecule has 0 aromatic heterocycles. The Morgan fingerprint density at radius 1 is 1.22 bits per heavy atom. The SMILES string of the molecule is CC(CCC(=O)O)CNC(=O)CC(C)C(C)(C)C. The first-order chi connectivity index (χ1) is 8.12. The van der Waals surface area contributed by atoms with Gasteiger partial charge >= 0.3 is 5.97 Å². The topological polar surface area (TPSA) is 66.4 Å². The van der Waals surface area contributed by atoms with Gasteiger partial charge in [0, 0.05) is 19.4 Å². The zero-order chi connectivity index (χ0) is 14.3. The molecule has 1 amide bonds. The summed E-state index contributed by atoms with van der Waals surface area (Å²) in [5, 5.41) is 11.4. The van der Waals surface area contributed by atoms with Crippen molar-refractivity contribution in [3.05, 3.63) is 0 Å². The highest BCUT2D eigenvalue weighted by Gasteiger charge is 2.22. The van der Waals surface area contributed by atoms with Crippen molar-refractivity contribution in [2.45, 2.75) is 53.9 Å². The van der Waals surface area contributed by atoms with E-state index in [4.69, 9.17) is 5.11 Å².